The smallest absolute Gasteiger partial charge is 0.227 e. The van der Waals surface area contributed by atoms with Gasteiger partial charge in [-0.05, 0) is 25.2 Å². The number of fused-ring (bicyclic) bond motifs is 1. The van der Waals surface area contributed by atoms with Gasteiger partial charge in [0.05, 0.1) is 5.69 Å². The first-order chi connectivity index (χ1) is 8.72. The van der Waals surface area contributed by atoms with E-state index >= 15 is 0 Å². The third kappa shape index (κ3) is 4.44. The number of amides is 1. The Morgan fingerprint density at radius 3 is 3.05 bits per heavy atom. The highest BCUT2D eigenvalue weighted by Gasteiger charge is 2.22. The van der Waals surface area contributed by atoms with Crippen molar-refractivity contribution < 1.29 is 4.79 Å². The number of aromatic nitrogens is 1. The van der Waals surface area contributed by atoms with Gasteiger partial charge in [-0.2, -0.15) is 0 Å². The number of halogens is 1. The Labute approximate surface area is 124 Å². The minimum absolute atomic E-state index is 0. The van der Waals surface area contributed by atoms with E-state index in [0.717, 1.165) is 23.9 Å². The first kappa shape index (κ1) is 16.4. The van der Waals surface area contributed by atoms with Crippen LogP contribution >= 0.6 is 23.7 Å². The van der Waals surface area contributed by atoms with Crippen molar-refractivity contribution in [2.75, 3.05) is 11.9 Å². The molecular weight excluding hydrogens is 282 g/mol. The molecule has 0 spiro atoms. The van der Waals surface area contributed by atoms with Gasteiger partial charge in [-0.3, -0.25) is 4.79 Å². The molecule has 0 bridgehead atoms. The van der Waals surface area contributed by atoms with Crippen molar-refractivity contribution in [3.05, 3.63) is 10.6 Å². The quantitative estimate of drug-likeness (QED) is 0.879. The van der Waals surface area contributed by atoms with Crippen molar-refractivity contribution in [1.29, 1.82) is 0 Å². The predicted molar refractivity (Wildman–Crippen MR) is 82.1 cm³/mol. The Balaban J connectivity index is 0.00000180. The third-order valence-corrected chi connectivity index (χ3v) is 4.39. The molecule has 1 heterocycles. The first-order valence-electron chi connectivity index (χ1n) is 6.71. The van der Waals surface area contributed by atoms with Gasteiger partial charge in [-0.15, -0.1) is 23.7 Å². The molecule has 1 aliphatic rings. The van der Waals surface area contributed by atoms with Crippen LogP contribution in [-0.2, 0) is 17.6 Å². The van der Waals surface area contributed by atoms with Crippen molar-refractivity contribution in [3.63, 3.8) is 0 Å². The maximum absolute atomic E-state index is 11.5. The van der Waals surface area contributed by atoms with Crippen LogP contribution in [0, 0.1) is 5.92 Å². The number of carbonyl (C=O) groups is 1. The monoisotopic (exact) mass is 303 g/mol. The van der Waals surface area contributed by atoms with Crippen molar-refractivity contribution in [2.24, 2.45) is 11.7 Å². The Morgan fingerprint density at radius 1 is 1.58 bits per heavy atom. The van der Waals surface area contributed by atoms with Crippen molar-refractivity contribution in [3.8, 4) is 0 Å². The minimum Gasteiger partial charge on any atom is -0.330 e. The molecule has 1 aromatic heterocycles. The van der Waals surface area contributed by atoms with Crippen LogP contribution in [0.5, 0.6) is 0 Å². The van der Waals surface area contributed by atoms with Crippen LogP contribution in [0.3, 0.4) is 0 Å². The Morgan fingerprint density at radius 2 is 2.37 bits per heavy atom. The molecule has 1 aromatic rings. The molecule has 6 heteroatoms. The number of thiazole rings is 1. The lowest BCUT2D eigenvalue weighted by Crippen LogP contribution is -2.16. The highest BCUT2D eigenvalue weighted by molar-refractivity contribution is 7.15. The second-order valence-corrected chi connectivity index (χ2v) is 5.96. The van der Waals surface area contributed by atoms with Gasteiger partial charge in [0.15, 0.2) is 5.13 Å². The number of nitrogens with one attached hydrogen (secondary N) is 1. The molecule has 0 aromatic carbocycles. The van der Waals surface area contributed by atoms with Gasteiger partial charge >= 0.3 is 0 Å². The van der Waals surface area contributed by atoms with Crippen LogP contribution in [0.4, 0.5) is 5.13 Å². The minimum atomic E-state index is -0.0336. The Bertz CT molecular complexity index is 422. The predicted octanol–water partition coefficient (Wildman–Crippen LogP) is 2.76. The summed E-state index contributed by atoms with van der Waals surface area (Å²) in [6.45, 7) is 2.62. The van der Waals surface area contributed by atoms with Gasteiger partial charge in [0.1, 0.15) is 0 Å². The Hall–Kier alpha value is -0.650. The molecule has 19 heavy (non-hydrogen) atoms. The lowest BCUT2D eigenvalue weighted by Gasteiger charge is -2.19. The zero-order chi connectivity index (χ0) is 13.0. The number of aryl methyl sites for hydroxylation is 1. The number of nitrogens with two attached hydrogens (primary N) is 1. The molecule has 1 amide bonds. The largest absolute Gasteiger partial charge is 0.330 e. The van der Waals surface area contributed by atoms with E-state index < -0.39 is 0 Å². The fourth-order valence-electron chi connectivity index (χ4n) is 2.46. The molecule has 1 atom stereocenters. The van der Waals surface area contributed by atoms with Gasteiger partial charge < -0.3 is 11.1 Å². The van der Waals surface area contributed by atoms with Crippen LogP contribution < -0.4 is 11.1 Å². The summed E-state index contributed by atoms with van der Waals surface area (Å²) in [7, 11) is 0. The molecule has 0 saturated carbocycles. The van der Waals surface area contributed by atoms with E-state index in [4.69, 9.17) is 5.73 Å². The summed E-state index contributed by atoms with van der Waals surface area (Å²) in [6.07, 6.45) is 6.34. The molecule has 1 unspecified atom stereocenters. The van der Waals surface area contributed by atoms with Crippen LogP contribution in [0.25, 0.3) is 0 Å². The molecule has 0 saturated heterocycles. The van der Waals surface area contributed by atoms with Gasteiger partial charge in [-0.1, -0.05) is 19.8 Å². The van der Waals surface area contributed by atoms with Crippen molar-refractivity contribution in [2.45, 2.75) is 45.4 Å². The molecular formula is C13H22ClN3OS. The number of hydrogen-bond donors (Lipinski definition) is 2. The summed E-state index contributed by atoms with van der Waals surface area (Å²) in [5.74, 6) is 0.768. The van der Waals surface area contributed by atoms with Crippen molar-refractivity contribution in [1.82, 2.24) is 4.98 Å². The summed E-state index contributed by atoms with van der Waals surface area (Å²) < 4.78 is 0. The zero-order valence-corrected chi connectivity index (χ0v) is 12.9. The summed E-state index contributed by atoms with van der Waals surface area (Å²) in [4.78, 5) is 17.3. The first-order valence-corrected chi connectivity index (χ1v) is 7.53. The van der Waals surface area contributed by atoms with Crippen molar-refractivity contribution >= 4 is 34.8 Å². The molecule has 0 fully saturated rings. The van der Waals surface area contributed by atoms with Crippen LogP contribution in [0.1, 0.15) is 43.2 Å². The van der Waals surface area contributed by atoms with Crippen LogP contribution in [0.2, 0.25) is 0 Å². The molecule has 2 rings (SSSR count). The van der Waals surface area contributed by atoms with E-state index in [-0.39, 0.29) is 18.3 Å². The summed E-state index contributed by atoms with van der Waals surface area (Å²) in [6, 6.07) is 0. The molecule has 0 radical (unpaired) electrons. The standard InChI is InChI=1S/C13H21N3OS.ClH/c1-2-3-9-4-5-10-11(8-9)18-13(15-10)16-12(17)6-7-14;/h9H,2-8,14H2,1H3,(H,15,16,17);1H. The van der Waals surface area contributed by atoms with Gasteiger partial charge in [-0.25, -0.2) is 4.98 Å². The number of carbonyl (C=O) groups excluding carboxylic acids is 1. The highest BCUT2D eigenvalue weighted by atomic mass is 35.5. The highest BCUT2D eigenvalue weighted by Crippen LogP contribution is 2.33. The summed E-state index contributed by atoms with van der Waals surface area (Å²) in [5.41, 5.74) is 6.54. The van der Waals surface area contributed by atoms with E-state index in [9.17, 15) is 4.79 Å². The molecule has 0 aliphatic heterocycles. The number of anilines is 1. The lowest BCUT2D eigenvalue weighted by atomic mass is 9.88. The number of hydrogen-bond acceptors (Lipinski definition) is 4. The molecule has 1 aliphatic carbocycles. The van der Waals surface area contributed by atoms with Crippen LogP contribution in [0.15, 0.2) is 0 Å². The summed E-state index contributed by atoms with van der Waals surface area (Å²) >= 11 is 1.64. The average molecular weight is 304 g/mol. The second-order valence-electron chi connectivity index (χ2n) is 4.87. The number of nitrogens with zero attached hydrogens (tertiary/aromatic N) is 1. The molecule has 108 valence electrons. The van der Waals surface area contributed by atoms with E-state index in [1.54, 1.807) is 11.3 Å². The zero-order valence-electron chi connectivity index (χ0n) is 11.3. The van der Waals surface area contributed by atoms with E-state index in [1.165, 1.54) is 29.8 Å². The van der Waals surface area contributed by atoms with Gasteiger partial charge in [0.2, 0.25) is 5.91 Å². The second kappa shape index (κ2) is 7.82. The van der Waals surface area contributed by atoms with E-state index in [2.05, 4.69) is 17.2 Å². The maximum Gasteiger partial charge on any atom is 0.227 e. The van der Waals surface area contributed by atoms with Crippen LogP contribution in [-0.4, -0.2) is 17.4 Å². The average Bonchev–Trinajstić information content (AvgIpc) is 2.71. The normalized spacial score (nSPS) is 17.5. The number of rotatable bonds is 5. The van der Waals surface area contributed by atoms with Gasteiger partial charge in [0, 0.05) is 17.8 Å². The molecule has 3 N–H and O–H groups in total. The molecule has 4 nitrogen and oxygen atoms in total. The fourth-order valence-corrected chi connectivity index (χ4v) is 3.60. The maximum atomic E-state index is 11.5. The topological polar surface area (TPSA) is 68.0 Å². The SMILES string of the molecule is CCCC1CCc2nc(NC(=O)CCN)sc2C1.Cl. The third-order valence-electron chi connectivity index (χ3n) is 3.36. The van der Waals surface area contributed by atoms with E-state index in [0.29, 0.717) is 13.0 Å². The Kier molecular flexibility index (Phi) is 6.75. The van der Waals surface area contributed by atoms with Gasteiger partial charge in [0.25, 0.3) is 0 Å². The fraction of sp³-hybridized carbons (Fsp3) is 0.692. The van der Waals surface area contributed by atoms with E-state index in [1.807, 2.05) is 0 Å². The lowest BCUT2D eigenvalue weighted by molar-refractivity contribution is -0.116. The summed E-state index contributed by atoms with van der Waals surface area (Å²) in [5, 5.41) is 3.58.